The number of hydrogen-bond donors (Lipinski definition) is 3. The molecule has 4 atom stereocenters. The molecule has 14 heteroatoms. The van der Waals surface area contributed by atoms with E-state index in [1.54, 1.807) is 6.92 Å². The van der Waals surface area contributed by atoms with E-state index >= 15 is 0 Å². The van der Waals surface area contributed by atoms with Crippen LogP contribution in [0.3, 0.4) is 0 Å². The molecule has 0 radical (unpaired) electrons. The van der Waals surface area contributed by atoms with Gasteiger partial charge in [0.2, 0.25) is 5.82 Å². The second-order valence-electron chi connectivity index (χ2n) is 8.07. The largest absolute Gasteiger partial charge is 1.00 e. The van der Waals surface area contributed by atoms with Crippen LogP contribution in [0, 0.1) is 17.8 Å². The van der Waals surface area contributed by atoms with E-state index in [-0.39, 0.29) is 36.8 Å². The Morgan fingerprint density at radius 2 is 1.88 bits per heavy atom. The van der Waals surface area contributed by atoms with Crippen molar-refractivity contribution in [1.82, 2.24) is 51.4 Å². The number of aromatic nitrogens is 10. The molecule has 3 heterocycles. The number of Topliss-reactive ketones (excluding diaryl/α,β-unsaturated/α-hetero) is 1. The van der Waals surface area contributed by atoms with Gasteiger partial charge in [-0.25, -0.2) is 4.79 Å². The average molecular weight is 450 g/mol. The zero-order valence-electron chi connectivity index (χ0n) is 18.9. The van der Waals surface area contributed by atoms with Gasteiger partial charge in [0.05, 0.1) is 6.61 Å². The van der Waals surface area contributed by atoms with Gasteiger partial charge in [0.25, 0.3) is 5.82 Å². The Labute approximate surface area is 206 Å². The zero-order valence-corrected chi connectivity index (χ0v) is 19.9. The SMILES string of the molecule is C1c2c(-c3nn[nH]n3)n[nH]c2[C@@H]2C[C@H]12.CCOC(=O)c1nn[nH]n1.O=C1CC[C@H]2C[C@@H]12.[H-].[Na+]. The predicted molar refractivity (Wildman–Crippen MR) is 103 cm³/mol. The number of hydrogen-bond acceptors (Lipinski definition) is 10. The van der Waals surface area contributed by atoms with E-state index in [1.807, 2.05) is 0 Å². The molecule has 7 rings (SSSR count). The second-order valence-corrected chi connectivity index (χ2v) is 8.07. The van der Waals surface area contributed by atoms with Gasteiger partial charge in [0, 0.05) is 29.5 Å². The molecule has 0 bridgehead atoms. The molecule has 3 fully saturated rings. The number of ether oxygens (including phenoxy) is 1. The molecule has 3 aromatic heterocycles. The van der Waals surface area contributed by atoms with Crippen molar-refractivity contribution in [3.63, 3.8) is 0 Å². The van der Waals surface area contributed by atoms with Gasteiger partial charge < -0.3 is 6.16 Å². The Bertz CT molecular complexity index is 1070. The summed E-state index contributed by atoms with van der Waals surface area (Å²) in [4.78, 5) is 21.3. The van der Waals surface area contributed by atoms with Gasteiger partial charge in [-0.1, -0.05) is 0 Å². The number of carbonyl (C=O) groups excluding carboxylic acids is 2. The number of nitrogens with zero attached hydrogens (tertiary/aromatic N) is 7. The Hall–Kier alpha value is -2.51. The van der Waals surface area contributed by atoms with Gasteiger partial charge in [0.15, 0.2) is 0 Å². The van der Waals surface area contributed by atoms with E-state index in [1.165, 1.54) is 30.5 Å². The molecule has 13 nitrogen and oxygen atoms in total. The minimum atomic E-state index is -0.559. The Morgan fingerprint density at radius 3 is 2.44 bits per heavy atom. The van der Waals surface area contributed by atoms with Crippen molar-refractivity contribution in [1.29, 1.82) is 0 Å². The zero-order chi connectivity index (χ0) is 21.4. The summed E-state index contributed by atoms with van der Waals surface area (Å²) in [6.07, 6.45) is 5.75. The molecule has 4 aliphatic rings. The van der Waals surface area contributed by atoms with Crippen LogP contribution in [0.2, 0.25) is 0 Å². The van der Waals surface area contributed by atoms with Gasteiger partial charge in [-0.2, -0.15) is 15.5 Å². The minimum Gasteiger partial charge on any atom is -1.00 e. The van der Waals surface area contributed by atoms with E-state index in [2.05, 4.69) is 56.2 Å². The number of nitrogens with one attached hydrogen (secondary N) is 3. The van der Waals surface area contributed by atoms with Crippen LogP contribution < -0.4 is 29.6 Å². The van der Waals surface area contributed by atoms with Crippen LogP contribution in [-0.2, 0) is 16.0 Å². The maximum Gasteiger partial charge on any atom is 1.00 e. The third kappa shape index (κ3) is 4.64. The molecule has 0 aromatic carbocycles. The number of esters is 1. The van der Waals surface area contributed by atoms with Crippen molar-refractivity contribution in [2.24, 2.45) is 17.8 Å². The number of fused-ring (bicyclic) bond motifs is 4. The van der Waals surface area contributed by atoms with Gasteiger partial charge in [-0.15, -0.1) is 20.4 Å². The summed E-state index contributed by atoms with van der Waals surface area (Å²) < 4.78 is 4.56. The monoisotopic (exact) mass is 450 g/mol. The fraction of sp³-hybridized carbons (Fsp3) is 0.611. The van der Waals surface area contributed by atoms with Crippen LogP contribution in [0.15, 0.2) is 0 Å². The molecule has 164 valence electrons. The van der Waals surface area contributed by atoms with Crippen LogP contribution in [0.1, 0.15) is 61.8 Å². The molecule has 4 aliphatic carbocycles. The summed E-state index contributed by atoms with van der Waals surface area (Å²) in [6, 6.07) is 0. The van der Waals surface area contributed by atoms with Crippen molar-refractivity contribution >= 4 is 11.8 Å². The van der Waals surface area contributed by atoms with Crippen LogP contribution >= 0.6 is 0 Å². The van der Waals surface area contributed by atoms with Gasteiger partial charge in [-0.05, 0) is 54.9 Å². The first-order chi connectivity index (χ1) is 15.2. The molecule has 3 saturated carbocycles. The summed E-state index contributed by atoms with van der Waals surface area (Å²) in [5, 5.41) is 33.4. The Balaban J connectivity index is 0.000000143. The fourth-order valence-electron chi connectivity index (χ4n) is 4.35. The number of tetrazole rings is 2. The summed E-state index contributed by atoms with van der Waals surface area (Å²) in [7, 11) is 0. The predicted octanol–water partition coefficient (Wildman–Crippen LogP) is -2.27. The first-order valence-electron chi connectivity index (χ1n) is 10.4. The molecule has 3 aromatic rings. The van der Waals surface area contributed by atoms with Gasteiger partial charge >= 0.3 is 35.5 Å². The third-order valence-corrected chi connectivity index (χ3v) is 6.12. The van der Waals surface area contributed by atoms with Crippen molar-refractivity contribution in [3.8, 4) is 11.5 Å². The topological polar surface area (TPSA) is 181 Å². The van der Waals surface area contributed by atoms with Crippen molar-refractivity contribution in [3.05, 3.63) is 17.1 Å². The molecule has 0 saturated heterocycles. The summed E-state index contributed by atoms with van der Waals surface area (Å²) >= 11 is 0. The molecule has 0 unspecified atom stereocenters. The fourth-order valence-corrected chi connectivity index (χ4v) is 4.35. The normalized spacial score (nSPS) is 25.1. The van der Waals surface area contributed by atoms with Crippen molar-refractivity contribution in [2.45, 2.75) is 44.9 Å². The number of aromatic amines is 3. The Kier molecular flexibility index (Phi) is 6.76. The van der Waals surface area contributed by atoms with E-state index in [9.17, 15) is 9.59 Å². The maximum atomic E-state index is 10.7. The number of rotatable bonds is 3. The van der Waals surface area contributed by atoms with Gasteiger partial charge in [0.1, 0.15) is 11.5 Å². The smallest absolute Gasteiger partial charge is 1.00 e. The second kappa shape index (κ2) is 9.55. The number of ketones is 1. The molecule has 0 spiro atoms. The number of carbonyl (C=O) groups is 2. The standard InChI is InChI=1S/C8H8N6.C6H8O.C4H6N4O2.Na.H/c1-3-2-5-6(4(1)3)9-10-7(5)8-11-13-14-12-8;7-6-2-1-4-3-5(4)6;1-2-10-4(9)3-5-7-8-6-3;;/h3-4H,1-2H2,(H,9,10)(H,11,12,13,14);4-5H,1-3H2;2H2,1H3,(H,5,6,7,8);;/q;;;+1;-1/t3-,4-;4-,5+;;;/m10.../s1. The quantitative estimate of drug-likeness (QED) is 0.291. The molecule has 0 amide bonds. The molecule has 32 heavy (non-hydrogen) atoms. The average Bonchev–Trinajstić information content (AvgIpc) is 3.31. The third-order valence-electron chi connectivity index (χ3n) is 6.12. The van der Waals surface area contributed by atoms with E-state index < -0.39 is 5.97 Å². The summed E-state index contributed by atoms with van der Waals surface area (Å²) in [5.74, 6) is 3.50. The molecular weight excluding hydrogens is 427 g/mol. The van der Waals surface area contributed by atoms with E-state index in [4.69, 9.17) is 0 Å². The summed E-state index contributed by atoms with van der Waals surface area (Å²) in [5.41, 5.74) is 3.48. The van der Waals surface area contributed by atoms with Crippen LogP contribution in [0.25, 0.3) is 11.5 Å². The van der Waals surface area contributed by atoms with Crippen molar-refractivity contribution < 1.29 is 45.3 Å². The summed E-state index contributed by atoms with van der Waals surface area (Å²) in [6.45, 7) is 2.02. The maximum absolute atomic E-state index is 10.7. The molecule has 3 N–H and O–H groups in total. The number of H-pyrrole nitrogens is 3. The Morgan fingerprint density at radius 1 is 1.09 bits per heavy atom. The van der Waals surface area contributed by atoms with Crippen LogP contribution in [-0.4, -0.2) is 69.8 Å². The van der Waals surface area contributed by atoms with E-state index in [0.717, 1.165) is 36.3 Å². The van der Waals surface area contributed by atoms with Crippen LogP contribution in [0.5, 0.6) is 0 Å². The molecular formula is C18H23N10NaO3. The minimum absolute atomic E-state index is 0. The first kappa shape index (κ1) is 22.7. The first-order valence-corrected chi connectivity index (χ1v) is 10.4. The molecule has 0 aliphatic heterocycles. The van der Waals surface area contributed by atoms with Crippen molar-refractivity contribution in [2.75, 3.05) is 6.61 Å². The van der Waals surface area contributed by atoms with Crippen LogP contribution in [0.4, 0.5) is 0 Å². The van der Waals surface area contributed by atoms with Gasteiger partial charge in [-0.3, -0.25) is 9.89 Å². The van der Waals surface area contributed by atoms with E-state index in [0.29, 0.717) is 24.1 Å².